The molecule has 2 amide bonds. The third-order valence-corrected chi connectivity index (χ3v) is 3.40. The van der Waals surface area contributed by atoms with Crippen LogP contribution >= 0.6 is 0 Å². The molecule has 0 unspecified atom stereocenters. The van der Waals surface area contributed by atoms with Gasteiger partial charge in [-0.1, -0.05) is 6.92 Å². The Hall–Kier alpha value is -1.88. The zero-order chi connectivity index (χ0) is 14.0. The number of nitrogens with two attached hydrogens (primary N) is 1. The van der Waals surface area contributed by atoms with Crippen molar-refractivity contribution in [1.82, 2.24) is 0 Å². The lowest BCUT2D eigenvalue weighted by Crippen LogP contribution is -2.34. The van der Waals surface area contributed by atoms with Crippen LogP contribution in [0.15, 0.2) is 18.2 Å². The highest BCUT2D eigenvalue weighted by Gasteiger charge is 2.22. The van der Waals surface area contributed by atoms with E-state index in [-0.39, 0.29) is 11.8 Å². The molecule has 102 valence electrons. The number of carbonyl (C=O) groups excluding carboxylic acids is 2. The smallest absolute Gasteiger partial charge is 0.241 e. The molecule has 1 aromatic rings. The first-order valence-electron chi connectivity index (χ1n) is 6.50. The van der Waals surface area contributed by atoms with Crippen molar-refractivity contribution >= 4 is 23.2 Å². The fraction of sp³-hybridized carbons (Fsp3) is 0.429. The summed E-state index contributed by atoms with van der Waals surface area (Å²) < 4.78 is 0. The van der Waals surface area contributed by atoms with Crippen molar-refractivity contribution < 1.29 is 9.59 Å². The van der Waals surface area contributed by atoms with Crippen molar-refractivity contribution in [2.24, 2.45) is 5.73 Å². The first-order valence-corrected chi connectivity index (χ1v) is 6.50. The molecule has 1 aliphatic heterocycles. The van der Waals surface area contributed by atoms with Gasteiger partial charge in [-0.3, -0.25) is 9.59 Å². The molecule has 3 N–H and O–H groups in total. The van der Waals surface area contributed by atoms with E-state index in [1.807, 2.05) is 19.1 Å². The summed E-state index contributed by atoms with van der Waals surface area (Å²) in [7, 11) is 0. The molecule has 1 heterocycles. The Morgan fingerprint density at radius 2 is 2.21 bits per heavy atom. The standard InChI is InChI=1S/C14H19N3O2/c1-3-12(15)14(19)16-11-4-5-13-10(8-11)6-7-17(13)9(2)18/h4-5,8,12H,3,6-7,15H2,1-2H3,(H,16,19)/t12-/m1/s1. The van der Waals surface area contributed by atoms with E-state index in [0.29, 0.717) is 13.0 Å². The van der Waals surface area contributed by atoms with Crippen molar-refractivity contribution in [3.8, 4) is 0 Å². The number of carbonyl (C=O) groups is 2. The second kappa shape index (κ2) is 5.40. The van der Waals surface area contributed by atoms with Crippen molar-refractivity contribution in [1.29, 1.82) is 0 Å². The molecule has 0 saturated carbocycles. The van der Waals surface area contributed by atoms with Gasteiger partial charge in [0.05, 0.1) is 6.04 Å². The van der Waals surface area contributed by atoms with E-state index in [4.69, 9.17) is 5.73 Å². The fourth-order valence-corrected chi connectivity index (χ4v) is 2.23. The van der Waals surface area contributed by atoms with Crippen LogP contribution in [-0.2, 0) is 16.0 Å². The maximum Gasteiger partial charge on any atom is 0.241 e. The summed E-state index contributed by atoms with van der Waals surface area (Å²) in [6, 6.07) is 5.11. The predicted octanol–water partition coefficient (Wildman–Crippen LogP) is 1.27. The van der Waals surface area contributed by atoms with Gasteiger partial charge < -0.3 is 16.0 Å². The lowest BCUT2D eigenvalue weighted by Gasteiger charge is -2.15. The topological polar surface area (TPSA) is 75.4 Å². The molecule has 0 saturated heterocycles. The molecular formula is C14H19N3O2. The number of anilines is 2. The summed E-state index contributed by atoms with van der Waals surface area (Å²) in [4.78, 5) is 24.9. The van der Waals surface area contributed by atoms with Crippen molar-refractivity contribution in [2.75, 3.05) is 16.8 Å². The molecule has 0 aromatic heterocycles. The minimum atomic E-state index is -0.484. The van der Waals surface area contributed by atoms with Crippen LogP contribution in [0.25, 0.3) is 0 Å². The highest BCUT2D eigenvalue weighted by Crippen LogP contribution is 2.30. The highest BCUT2D eigenvalue weighted by atomic mass is 16.2. The lowest BCUT2D eigenvalue weighted by molar-refractivity contribution is -0.117. The number of rotatable bonds is 3. The number of benzene rings is 1. The number of hydrogen-bond donors (Lipinski definition) is 2. The van der Waals surface area contributed by atoms with Crippen molar-refractivity contribution in [2.45, 2.75) is 32.7 Å². The fourth-order valence-electron chi connectivity index (χ4n) is 2.23. The van der Waals surface area contributed by atoms with Gasteiger partial charge in [0.25, 0.3) is 0 Å². The maximum absolute atomic E-state index is 11.7. The van der Waals surface area contributed by atoms with E-state index < -0.39 is 6.04 Å². The number of fused-ring (bicyclic) bond motifs is 1. The largest absolute Gasteiger partial charge is 0.325 e. The van der Waals surface area contributed by atoms with Crippen molar-refractivity contribution in [3.05, 3.63) is 23.8 Å². The second-order valence-electron chi connectivity index (χ2n) is 4.77. The van der Waals surface area contributed by atoms with E-state index in [1.165, 1.54) is 0 Å². The molecule has 1 aliphatic rings. The van der Waals surface area contributed by atoms with Crippen LogP contribution in [-0.4, -0.2) is 24.4 Å². The van der Waals surface area contributed by atoms with Crippen LogP contribution < -0.4 is 16.0 Å². The van der Waals surface area contributed by atoms with E-state index >= 15 is 0 Å². The minimum absolute atomic E-state index is 0.0449. The summed E-state index contributed by atoms with van der Waals surface area (Å²) in [5, 5.41) is 2.80. The molecular weight excluding hydrogens is 242 g/mol. The Morgan fingerprint density at radius 3 is 2.84 bits per heavy atom. The first-order chi connectivity index (χ1) is 9.02. The summed E-state index contributed by atoms with van der Waals surface area (Å²) >= 11 is 0. The number of nitrogens with zero attached hydrogens (tertiary/aromatic N) is 1. The van der Waals surface area contributed by atoms with E-state index in [0.717, 1.165) is 23.4 Å². The molecule has 5 heteroatoms. The predicted molar refractivity (Wildman–Crippen MR) is 75.1 cm³/mol. The third-order valence-electron chi connectivity index (χ3n) is 3.40. The van der Waals surface area contributed by atoms with Crippen LogP contribution in [0.4, 0.5) is 11.4 Å². The highest BCUT2D eigenvalue weighted by molar-refractivity contribution is 5.97. The van der Waals surface area contributed by atoms with Crippen LogP contribution in [0, 0.1) is 0 Å². The number of hydrogen-bond acceptors (Lipinski definition) is 3. The van der Waals surface area contributed by atoms with Gasteiger partial charge in [-0.25, -0.2) is 0 Å². The van der Waals surface area contributed by atoms with Gasteiger partial charge in [0, 0.05) is 24.8 Å². The SMILES string of the molecule is CC[C@@H](N)C(=O)Nc1ccc2c(c1)CCN2C(C)=O. The molecule has 5 nitrogen and oxygen atoms in total. The van der Waals surface area contributed by atoms with Crippen LogP contribution in [0.3, 0.4) is 0 Å². The second-order valence-corrected chi connectivity index (χ2v) is 4.77. The van der Waals surface area contributed by atoms with Crippen LogP contribution in [0.1, 0.15) is 25.8 Å². The van der Waals surface area contributed by atoms with Crippen LogP contribution in [0.5, 0.6) is 0 Å². The monoisotopic (exact) mass is 261 g/mol. The summed E-state index contributed by atoms with van der Waals surface area (Å²) in [5.74, 6) is -0.132. The molecule has 2 rings (SSSR count). The van der Waals surface area contributed by atoms with Gasteiger partial charge in [-0.2, -0.15) is 0 Å². The summed E-state index contributed by atoms with van der Waals surface area (Å²) in [5.41, 5.74) is 8.43. The van der Waals surface area contributed by atoms with Gasteiger partial charge in [0.2, 0.25) is 11.8 Å². The Kier molecular flexibility index (Phi) is 3.85. The van der Waals surface area contributed by atoms with E-state index in [9.17, 15) is 9.59 Å². The molecule has 0 fully saturated rings. The Morgan fingerprint density at radius 1 is 1.47 bits per heavy atom. The normalized spacial score (nSPS) is 15.0. The quantitative estimate of drug-likeness (QED) is 0.860. The van der Waals surface area contributed by atoms with Gasteiger partial charge in [0.15, 0.2) is 0 Å². The van der Waals surface area contributed by atoms with Crippen molar-refractivity contribution in [3.63, 3.8) is 0 Å². The third kappa shape index (κ3) is 2.76. The van der Waals surface area contributed by atoms with Gasteiger partial charge in [-0.15, -0.1) is 0 Å². The Balaban J connectivity index is 2.15. The Labute approximate surface area is 112 Å². The molecule has 0 spiro atoms. The molecule has 1 atom stereocenters. The molecule has 0 bridgehead atoms. The number of nitrogens with one attached hydrogen (secondary N) is 1. The zero-order valence-corrected chi connectivity index (χ0v) is 11.3. The Bertz CT molecular complexity index is 513. The van der Waals surface area contributed by atoms with Gasteiger partial charge >= 0.3 is 0 Å². The maximum atomic E-state index is 11.7. The zero-order valence-electron chi connectivity index (χ0n) is 11.3. The van der Waals surface area contributed by atoms with Gasteiger partial charge in [-0.05, 0) is 36.6 Å². The van der Waals surface area contributed by atoms with Gasteiger partial charge in [0.1, 0.15) is 0 Å². The molecule has 1 aromatic carbocycles. The molecule has 19 heavy (non-hydrogen) atoms. The summed E-state index contributed by atoms with van der Waals surface area (Å²) in [6.45, 7) is 4.14. The lowest BCUT2D eigenvalue weighted by atomic mass is 10.1. The minimum Gasteiger partial charge on any atom is -0.325 e. The van der Waals surface area contributed by atoms with E-state index in [2.05, 4.69) is 5.32 Å². The summed E-state index contributed by atoms with van der Waals surface area (Å²) in [6.07, 6.45) is 1.42. The average molecular weight is 261 g/mol. The number of amides is 2. The molecule has 0 radical (unpaired) electrons. The van der Waals surface area contributed by atoms with E-state index in [1.54, 1.807) is 17.9 Å². The first kappa shape index (κ1) is 13.5. The molecule has 0 aliphatic carbocycles. The average Bonchev–Trinajstić information content (AvgIpc) is 2.80. The van der Waals surface area contributed by atoms with Crippen LogP contribution in [0.2, 0.25) is 0 Å².